The van der Waals surface area contributed by atoms with Gasteiger partial charge in [0.25, 0.3) is 0 Å². The van der Waals surface area contributed by atoms with Crippen LogP contribution in [0.3, 0.4) is 0 Å². The summed E-state index contributed by atoms with van der Waals surface area (Å²) in [6.07, 6.45) is 0.0329. The van der Waals surface area contributed by atoms with E-state index in [2.05, 4.69) is 5.32 Å². The van der Waals surface area contributed by atoms with Gasteiger partial charge in [0.05, 0.1) is 6.42 Å². The Hall–Kier alpha value is -1.63. The van der Waals surface area contributed by atoms with E-state index < -0.39 is 30.2 Å². The van der Waals surface area contributed by atoms with Gasteiger partial charge in [0.15, 0.2) is 0 Å². The highest BCUT2D eigenvalue weighted by Gasteiger charge is 2.24. The van der Waals surface area contributed by atoms with Gasteiger partial charge in [-0.05, 0) is 13.0 Å². The standard InChI is InChI=1S/C9H17N3O4/c1-5(2-3-10)8(14)12-6(9(15)16)4-7(11)13/h5-6H,2-4,10H2,1H3,(H2,11,13)(H,12,14)(H,15,16). The van der Waals surface area contributed by atoms with Gasteiger partial charge in [-0.25, -0.2) is 4.79 Å². The van der Waals surface area contributed by atoms with Crippen molar-refractivity contribution >= 4 is 17.8 Å². The molecule has 2 amide bonds. The molecule has 0 bridgehead atoms. The molecule has 6 N–H and O–H groups in total. The van der Waals surface area contributed by atoms with Crippen LogP contribution in [0.15, 0.2) is 0 Å². The van der Waals surface area contributed by atoms with Crippen LogP contribution < -0.4 is 16.8 Å². The van der Waals surface area contributed by atoms with E-state index in [0.717, 1.165) is 0 Å². The third kappa shape index (κ3) is 5.30. The number of carbonyl (C=O) groups is 3. The number of aliphatic carboxylic acids is 1. The Bertz CT molecular complexity index is 280. The third-order valence-electron chi connectivity index (χ3n) is 2.07. The Morgan fingerprint density at radius 1 is 1.38 bits per heavy atom. The molecule has 7 nitrogen and oxygen atoms in total. The average molecular weight is 231 g/mol. The molecule has 0 aliphatic rings. The Morgan fingerprint density at radius 3 is 2.31 bits per heavy atom. The van der Waals surface area contributed by atoms with Gasteiger partial charge in [-0.15, -0.1) is 0 Å². The first-order chi connectivity index (χ1) is 7.38. The molecule has 2 atom stereocenters. The summed E-state index contributed by atoms with van der Waals surface area (Å²) in [5.41, 5.74) is 10.1. The summed E-state index contributed by atoms with van der Waals surface area (Å²) in [6.45, 7) is 1.97. The molecular formula is C9H17N3O4. The van der Waals surface area contributed by atoms with Gasteiger partial charge in [-0.2, -0.15) is 0 Å². The fourth-order valence-corrected chi connectivity index (χ4v) is 1.10. The molecular weight excluding hydrogens is 214 g/mol. The molecule has 0 aliphatic carbocycles. The van der Waals surface area contributed by atoms with Crippen LogP contribution in [0.5, 0.6) is 0 Å². The Morgan fingerprint density at radius 2 is 1.94 bits per heavy atom. The van der Waals surface area contributed by atoms with Gasteiger partial charge in [0.1, 0.15) is 6.04 Å². The minimum absolute atomic E-state index is 0.335. The summed E-state index contributed by atoms with van der Waals surface area (Å²) in [5, 5.41) is 11.0. The first-order valence-electron chi connectivity index (χ1n) is 4.90. The first-order valence-corrected chi connectivity index (χ1v) is 4.90. The van der Waals surface area contributed by atoms with Crippen LogP contribution in [0.4, 0.5) is 0 Å². The van der Waals surface area contributed by atoms with E-state index in [9.17, 15) is 14.4 Å². The Balaban J connectivity index is 4.34. The van der Waals surface area contributed by atoms with E-state index >= 15 is 0 Å². The van der Waals surface area contributed by atoms with Crippen molar-refractivity contribution in [3.8, 4) is 0 Å². The van der Waals surface area contributed by atoms with Gasteiger partial charge < -0.3 is 21.9 Å². The minimum Gasteiger partial charge on any atom is -0.480 e. The zero-order valence-corrected chi connectivity index (χ0v) is 9.10. The molecule has 2 unspecified atom stereocenters. The number of amides is 2. The normalized spacial score (nSPS) is 13.9. The molecule has 92 valence electrons. The van der Waals surface area contributed by atoms with Crippen molar-refractivity contribution in [2.75, 3.05) is 6.54 Å². The summed E-state index contributed by atoms with van der Waals surface area (Å²) in [6, 6.07) is -1.27. The van der Waals surface area contributed by atoms with Crippen molar-refractivity contribution in [1.29, 1.82) is 0 Å². The fourth-order valence-electron chi connectivity index (χ4n) is 1.10. The van der Waals surface area contributed by atoms with Crippen molar-refractivity contribution in [3.05, 3.63) is 0 Å². The highest BCUT2D eigenvalue weighted by Crippen LogP contribution is 2.02. The van der Waals surface area contributed by atoms with Gasteiger partial charge in [0.2, 0.25) is 11.8 Å². The van der Waals surface area contributed by atoms with Crippen molar-refractivity contribution in [3.63, 3.8) is 0 Å². The molecule has 0 fully saturated rings. The number of hydrogen-bond acceptors (Lipinski definition) is 4. The molecule has 0 aliphatic heterocycles. The fraction of sp³-hybridized carbons (Fsp3) is 0.667. The minimum atomic E-state index is -1.29. The van der Waals surface area contributed by atoms with Crippen LogP contribution in [-0.2, 0) is 14.4 Å². The lowest BCUT2D eigenvalue weighted by molar-refractivity contribution is -0.143. The Labute approximate surface area is 93.2 Å². The summed E-state index contributed by atoms with van der Waals surface area (Å²) < 4.78 is 0. The summed E-state index contributed by atoms with van der Waals surface area (Å²) in [4.78, 5) is 32.7. The summed E-state index contributed by atoms with van der Waals surface area (Å²) >= 11 is 0. The highest BCUT2D eigenvalue weighted by atomic mass is 16.4. The lowest BCUT2D eigenvalue weighted by Gasteiger charge is -2.16. The number of hydrogen-bond donors (Lipinski definition) is 4. The molecule has 0 aromatic rings. The monoisotopic (exact) mass is 231 g/mol. The maximum absolute atomic E-state index is 11.4. The van der Waals surface area contributed by atoms with Crippen LogP contribution in [-0.4, -0.2) is 35.5 Å². The zero-order valence-electron chi connectivity index (χ0n) is 9.10. The SMILES string of the molecule is CC(CCN)C(=O)NC(CC(N)=O)C(=O)O. The topological polar surface area (TPSA) is 136 Å². The van der Waals surface area contributed by atoms with E-state index in [1.54, 1.807) is 6.92 Å². The smallest absolute Gasteiger partial charge is 0.326 e. The molecule has 0 radical (unpaired) electrons. The highest BCUT2D eigenvalue weighted by molar-refractivity contribution is 5.88. The molecule has 7 heteroatoms. The second-order valence-electron chi connectivity index (χ2n) is 3.55. The van der Waals surface area contributed by atoms with E-state index in [4.69, 9.17) is 16.6 Å². The maximum atomic E-state index is 11.4. The van der Waals surface area contributed by atoms with Crippen LogP contribution in [0.2, 0.25) is 0 Å². The number of carboxylic acid groups (broad SMARTS) is 1. The second-order valence-corrected chi connectivity index (χ2v) is 3.55. The van der Waals surface area contributed by atoms with Crippen LogP contribution >= 0.6 is 0 Å². The Kier molecular flexibility index (Phi) is 6.09. The predicted octanol–water partition coefficient (Wildman–Crippen LogP) is -1.58. The maximum Gasteiger partial charge on any atom is 0.326 e. The van der Waals surface area contributed by atoms with E-state index in [0.29, 0.717) is 13.0 Å². The number of primary amides is 1. The summed E-state index contributed by atoms with van der Waals surface area (Å²) in [7, 11) is 0. The van der Waals surface area contributed by atoms with E-state index in [1.165, 1.54) is 0 Å². The predicted molar refractivity (Wildman–Crippen MR) is 56.2 cm³/mol. The zero-order chi connectivity index (χ0) is 12.7. The second kappa shape index (κ2) is 6.78. The van der Waals surface area contributed by atoms with Crippen molar-refractivity contribution in [2.24, 2.45) is 17.4 Å². The van der Waals surface area contributed by atoms with Gasteiger partial charge in [-0.1, -0.05) is 6.92 Å². The average Bonchev–Trinajstić information content (AvgIpc) is 2.16. The number of carbonyl (C=O) groups excluding carboxylic acids is 2. The molecule has 0 aromatic carbocycles. The molecule has 0 aromatic heterocycles. The van der Waals surface area contributed by atoms with E-state index in [1.807, 2.05) is 0 Å². The quantitative estimate of drug-likeness (QED) is 0.419. The largest absolute Gasteiger partial charge is 0.480 e. The van der Waals surface area contributed by atoms with Crippen molar-refractivity contribution in [2.45, 2.75) is 25.8 Å². The van der Waals surface area contributed by atoms with Crippen LogP contribution in [0.25, 0.3) is 0 Å². The summed E-state index contributed by atoms with van der Waals surface area (Å²) in [5.74, 6) is -2.90. The number of carboxylic acids is 1. The van der Waals surface area contributed by atoms with E-state index in [-0.39, 0.29) is 5.92 Å². The van der Waals surface area contributed by atoms with Gasteiger partial charge in [-0.3, -0.25) is 9.59 Å². The number of nitrogens with one attached hydrogen (secondary N) is 1. The third-order valence-corrected chi connectivity index (χ3v) is 2.07. The van der Waals surface area contributed by atoms with Crippen LogP contribution in [0.1, 0.15) is 19.8 Å². The van der Waals surface area contributed by atoms with Crippen molar-refractivity contribution < 1.29 is 19.5 Å². The molecule has 0 heterocycles. The van der Waals surface area contributed by atoms with Gasteiger partial charge >= 0.3 is 5.97 Å². The van der Waals surface area contributed by atoms with Crippen LogP contribution in [0, 0.1) is 5.92 Å². The molecule has 0 rings (SSSR count). The lowest BCUT2D eigenvalue weighted by atomic mass is 10.1. The molecule has 0 saturated carbocycles. The number of rotatable bonds is 7. The van der Waals surface area contributed by atoms with Crippen molar-refractivity contribution in [1.82, 2.24) is 5.32 Å². The lowest BCUT2D eigenvalue weighted by Crippen LogP contribution is -2.45. The molecule has 16 heavy (non-hydrogen) atoms. The number of nitrogens with two attached hydrogens (primary N) is 2. The molecule has 0 spiro atoms. The first kappa shape index (κ1) is 14.4. The molecule has 0 saturated heterocycles. The van der Waals surface area contributed by atoms with Gasteiger partial charge in [0, 0.05) is 5.92 Å².